The third kappa shape index (κ3) is 7.40. The largest absolute Gasteiger partial charge is 0.508 e. The van der Waals surface area contributed by atoms with Gasteiger partial charge in [0.25, 0.3) is 0 Å². The normalized spacial score (nSPS) is 11.4. The first-order valence-corrected chi connectivity index (χ1v) is 14.4. The van der Waals surface area contributed by atoms with Crippen LogP contribution in [0.5, 0.6) is 5.75 Å². The number of unbranched alkanes of at least 4 members (excludes halogenated alkanes) is 3. The number of phenolic OH excluding ortho intramolecular Hbond substituents is 1. The van der Waals surface area contributed by atoms with Gasteiger partial charge in [0.15, 0.2) is 5.78 Å². The summed E-state index contributed by atoms with van der Waals surface area (Å²) in [6.07, 6.45) is 6.35. The standard InChI is InChI=1S/C35H38N2O4/c1-4-6-7-8-14-33(36-41-25(3)38)26-15-17-27(18-16-26)37(28-19-21-29(39)22-20-28)34-24-23-32(35(40)11-5-2)30-12-9-10-13-31(30)34/h9-10,12-13,15-24,39H,4-8,11,14H2,1-3H3/b36-33-. The first-order chi connectivity index (χ1) is 19.9. The number of aromatic hydroxyl groups is 1. The van der Waals surface area contributed by atoms with Crippen LogP contribution in [0.3, 0.4) is 0 Å². The first-order valence-electron chi connectivity index (χ1n) is 14.4. The molecule has 0 heterocycles. The van der Waals surface area contributed by atoms with Gasteiger partial charge in [-0.3, -0.25) is 4.79 Å². The van der Waals surface area contributed by atoms with Crippen LogP contribution in [0.1, 0.15) is 81.6 Å². The maximum Gasteiger partial charge on any atom is 0.331 e. The summed E-state index contributed by atoms with van der Waals surface area (Å²) < 4.78 is 0. The van der Waals surface area contributed by atoms with E-state index in [4.69, 9.17) is 4.84 Å². The molecular weight excluding hydrogens is 512 g/mol. The second-order valence-corrected chi connectivity index (χ2v) is 10.2. The molecule has 0 atom stereocenters. The van der Waals surface area contributed by atoms with Crippen LogP contribution in [-0.2, 0) is 9.63 Å². The number of anilines is 3. The van der Waals surface area contributed by atoms with Gasteiger partial charge in [-0.2, -0.15) is 0 Å². The van der Waals surface area contributed by atoms with E-state index in [1.807, 2.05) is 79.7 Å². The lowest BCUT2D eigenvalue weighted by Crippen LogP contribution is -2.12. The van der Waals surface area contributed by atoms with Gasteiger partial charge in [0.2, 0.25) is 0 Å². The molecule has 0 unspecified atom stereocenters. The average molecular weight is 551 g/mol. The number of carbonyl (C=O) groups excluding carboxylic acids is 2. The van der Waals surface area contributed by atoms with Crippen molar-refractivity contribution in [2.24, 2.45) is 5.16 Å². The minimum atomic E-state index is -0.445. The SMILES string of the molecule is CCCCCC/C(=N/OC(C)=O)c1ccc(N(c2ccc(O)cc2)c2ccc(C(=O)CCC)c3ccccc23)cc1. The Morgan fingerprint density at radius 2 is 1.41 bits per heavy atom. The fraction of sp³-hybridized carbons (Fsp3) is 0.286. The molecule has 212 valence electrons. The molecule has 0 saturated heterocycles. The predicted molar refractivity (Wildman–Crippen MR) is 167 cm³/mol. The summed E-state index contributed by atoms with van der Waals surface area (Å²) in [5, 5.41) is 16.0. The first kappa shape index (κ1) is 29.5. The van der Waals surface area contributed by atoms with Crippen LogP contribution in [0.25, 0.3) is 10.8 Å². The molecule has 0 saturated carbocycles. The van der Waals surface area contributed by atoms with Crippen LogP contribution in [-0.4, -0.2) is 22.6 Å². The minimum absolute atomic E-state index is 0.134. The highest BCUT2D eigenvalue weighted by Crippen LogP contribution is 2.40. The smallest absolute Gasteiger partial charge is 0.331 e. The van der Waals surface area contributed by atoms with Crippen LogP contribution in [0, 0.1) is 0 Å². The molecule has 4 rings (SSSR count). The number of ketones is 1. The second-order valence-electron chi connectivity index (χ2n) is 10.2. The van der Waals surface area contributed by atoms with Crippen molar-refractivity contribution in [2.75, 3.05) is 4.90 Å². The molecule has 0 spiro atoms. The molecule has 6 nitrogen and oxygen atoms in total. The fourth-order valence-electron chi connectivity index (χ4n) is 5.00. The van der Waals surface area contributed by atoms with Crippen molar-refractivity contribution in [3.8, 4) is 5.75 Å². The highest BCUT2D eigenvalue weighted by Gasteiger charge is 2.19. The van der Waals surface area contributed by atoms with Crippen LogP contribution in [0.2, 0.25) is 0 Å². The van der Waals surface area contributed by atoms with Crippen LogP contribution in [0.15, 0.2) is 90.1 Å². The lowest BCUT2D eigenvalue weighted by atomic mass is 9.97. The van der Waals surface area contributed by atoms with Gasteiger partial charge in [-0.1, -0.05) is 74.7 Å². The predicted octanol–water partition coefficient (Wildman–Crippen LogP) is 9.24. The van der Waals surface area contributed by atoms with E-state index in [0.29, 0.717) is 12.8 Å². The Balaban J connectivity index is 1.79. The molecule has 4 aromatic carbocycles. The van der Waals surface area contributed by atoms with Gasteiger partial charge in [0.1, 0.15) is 5.75 Å². The maximum absolute atomic E-state index is 12.9. The van der Waals surface area contributed by atoms with Gasteiger partial charge < -0.3 is 14.8 Å². The Morgan fingerprint density at radius 1 is 0.756 bits per heavy atom. The van der Waals surface area contributed by atoms with Crippen molar-refractivity contribution < 1.29 is 19.5 Å². The molecule has 0 bridgehead atoms. The zero-order chi connectivity index (χ0) is 29.2. The highest BCUT2D eigenvalue weighted by molar-refractivity contribution is 6.12. The van der Waals surface area contributed by atoms with Gasteiger partial charge in [-0.15, -0.1) is 0 Å². The summed E-state index contributed by atoms with van der Waals surface area (Å²) >= 11 is 0. The van der Waals surface area contributed by atoms with E-state index in [1.54, 1.807) is 12.1 Å². The fourth-order valence-corrected chi connectivity index (χ4v) is 5.00. The molecule has 0 fully saturated rings. The van der Waals surface area contributed by atoms with E-state index in [-0.39, 0.29) is 11.5 Å². The molecule has 6 heteroatoms. The van der Waals surface area contributed by atoms with Gasteiger partial charge in [0.05, 0.1) is 11.4 Å². The third-order valence-corrected chi connectivity index (χ3v) is 7.04. The third-order valence-electron chi connectivity index (χ3n) is 7.04. The van der Waals surface area contributed by atoms with E-state index in [2.05, 4.69) is 17.0 Å². The summed E-state index contributed by atoms with van der Waals surface area (Å²) in [4.78, 5) is 31.6. The number of phenols is 1. The molecular formula is C35H38N2O4. The number of carbonyl (C=O) groups is 2. The number of benzene rings is 4. The molecule has 0 aliphatic rings. The summed E-state index contributed by atoms with van der Waals surface area (Å²) in [6, 6.07) is 27.0. The lowest BCUT2D eigenvalue weighted by Gasteiger charge is -2.27. The minimum Gasteiger partial charge on any atom is -0.508 e. The number of hydrogen-bond acceptors (Lipinski definition) is 6. The Bertz CT molecular complexity index is 1510. The van der Waals surface area contributed by atoms with Gasteiger partial charge in [0, 0.05) is 35.7 Å². The van der Waals surface area contributed by atoms with Crippen molar-refractivity contribution in [3.05, 3.63) is 96.1 Å². The topological polar surface area (TPSA) is 79.2 Å². The highest BCUT2D eigenvalue weighted by atomic mass is 16.7. The molecule has 4 aromatic rings. The number of Topliss-reactive ketones (excluding diaryl/α,β-unsaturated/α-hetero) is 1. The summed E-state index contributed by atoms with van der Waals surface area (Å²) in [5.41, 5.74) is 5.03. The zero-order valence-corrected chi connectivity index (χ0v) is 24.1. The van der Waals surface area contributed by atoms with Crippen molar-refractivity contribution in [2.45, 2.75) is 65.7 Å². The zero-order valence-electron chi connectivity index (χ0n) is 24.1. The number of rotatable bonds is 13. The van der Waals surface area contributed by atoms with E-state index in [1.165, 1.54) is 6.92 Å². The number of oxime groups is 1. The summed E-state index contributed by atoms with van der Waals surface area (Å²) in [7, 11) is 0. The Morgan fingerprint density at radius 3 is 2.05 bits per heavy atom. The van der Waals surface area contributed by atoms with Crippen molar-refractivity contribution >= 4 is 45.3 Å². The Labute approximate surface area is 242 Å². The second kappa shape index (κ2) is 14.3. The van der Waals surface area contributed by atoms with Crippen molar-refractivity contribution in [1.82, 2.24) is 0 Å². The van der Waals surface area contributed by atoms with Crippen LogP contribution in [0.4, 0.5) is 17.1 Å². The molecule has 41 heavy (non-hydrogen) atoms. The number of fused-ring (bicyclic) bond motifs is 1. The van der Waals surface area contributed by atoms with E-state index < -0.39 is 5.97 Å². The van der Waals surface area contributed by atoms with E-state index in [9.17, 15) is 14.7 Å². The van der Waals surface area contributed by atoms with Crippen molar-refractivity contribution in [3.63, 3.8) is 0 Å². The lowest BCUT2D eigenvalue weighted by molar-refractivity contribution is -0.140. The Kier molecular flexibility index (Phi) is 10.3. The molecule has 0 aliphatic heterocycles. The summed E-state index contributed by atoms with van der Waals surface area (Å²) in [6.45, 7) is 5.53. The van der Waals surface area contributed by atoms with Gasteiger partial charge in [-0.05, 0) is 78.7 Å². The quantitative estimate of drug-likeness (QED) is 0.0590. The van der Waals surface area contributed by atoms with Gasteiger partial charge >= 0.3 is 5.97 Å². The average Bonchev–Trinajstić information content (AvgIpc) is 2.98. The molecule has 0 aliphatic carbocycles. The number of nitrogens with zero attached hydrogens (tertiary/aromatic N) is 2. The van der Waals surface area contributed by atoms with E-state index >= 15 is 0 Å². The Hall–Kier alpha value is -4.45. The number of hydrogen-bond donors (Lipinski definition) is 1. The molecule has 0 amide bonds. The van der Waals surface area contributed by atoms with E-state index in [0.717, 1.165) is 76.8 Å². The summed E-state index contributed by atoms with van der Waals surface area (Å²) in [5.74, 6) is -0.128. The van der Waals surface area contributed by atoms with Gasteiger partial charge in [-0.25, -0.2) is 4.79 Å². The molecule has 0 radical (unpaired) electrons. The van der Waals surface area contributed by atoms with Crippen LogP contribution < -0.4 is 4.90 Å². The van der Waals surface area contributed by atoms with Crippen LogP contribution >= 0.6 is 0 Å². The monoisotopic (exact) mass is 550 g/mol. The molecule has 1 N–H and O–H groups in total. The molecule has 0 aromatic heterocycles. The van der Waals surface area contributed by atoms with Crippen molar-refractivity contribution in [1.29, 1.82) is 0 Å². The maximum atomic E-state index is 12.9.